The molecule has 100 valence electrons. The van der Waals surface area contributed by atoms with E-state index in [0.29, 0.717) is 12.2 Å². The maximum atomic E-state index is 13.2. The number of pyridine rings is 1. The quantitative estimate of drug-likeness (QED) is 0.639. The minimum Gasteiger partial charge on any atom is -0.494 e. The Hall–Kier alpha value is -1.98. The Morgan fingerprint density at radius 1 is 1.32 bits per heavy atom. The number of hydrogen-bond acceptors (Lipinski definition) is 4. The summed E-state index contributed by atoms with van der Waals surface area (Å²) in [6.45, 7) is 2.51. The number of benzene rings is 1. The molecule has 0 saturated heterocycles. The minimum atomic E-state index is -0.390. The molecule has 1 atom stereocenters. The third kappa shape index (κ3) is 3.27. The molecule has 3 N–H and O–H groups in total. The molecule has 0 aliphatic carbocycles. The van der Waals surface area contributed by atoms with E-state index in [1.165, 1.54) is 6.07 Å². The van der Waals surface area contributed by atoms with E-state index in [9.17, 15) is 4.39 Å². The van der Waals surface area contributed by atoms with E-state index in [4.69, 9.17) is 10.6 Å². The van der Waals surface area contributed by atoms with Gasteiger partial charge in [0.25, 0.3) is 0 Å². The van der Waals surface area contributed by atoms with Gasteiger partial charge in [-0.3, -0.25) is 10.8 Å². The zero-order valence-electron chi connectivity index (χ0n) is 10.6. The first kappa shape index (κ1) is 13.5. The van der Waals surface area contributed by atoms with Crippen LogP contribution in [-0.4, -0.2) is 11.6 Å². The lowest BCUT2D eigenvalue weighted by atomic mass is 10.0. The van der Waals surface area contributed by atoms with Crippen LogP contribution < -0.4 is 16.0 Å². The lowest BCUT2D eigenvalue weighted by molar-refractivity contribution is 0.339. The van der Waals surface area contributed by atoms with Gasteiger partial charge >= 0.3 is 0 Å². The van der Waals surface area contributed by atoms with E-state index in [1.54, 1.807) is 6.20 Å². The molecule has 1 aromatic heterocycles. The number of hydrazine groups is 1. The molecule has 0 amide bonds. The van der Waals surface area contributed by atoms with Gasteiger partial charge in [-0.25, -0.2) is 9.82 Å². The Labute approximate surface area is 111 Å². The normalized spacial score (nSPS) is 12.2. The molecular weight excluding hydrogens is 245 g/mol. The average molecular weight is 261 g/mol. The van der Waals surface area contributed by atoms with E-state index >= 15 is 0 Å². The van der Waals surface area contributed by atoms with Crippen molar-refractivity contribution in [2.24, 2.45) is 5.84 Å². The number of rotatable bonds is 5. The van der Waals surface area contributed by atoms with Gasteiger partial charge in [0.2, 0.25) is 0 Å². The molecule has 1 unspecified atom stereocenters. The summed E-state index contributed by atoms with van der Waals surface area (Å²) in [4.78, 5) is 3.84. The topological polar surface area (TPSA) is 60.2 Å². The van der Waals surface area contributed by atoms with Gasteiger partial charge in [-0.05, 0) is 36.2 Å². The lowest BCUT2D eigenvalue weighted by Crippen LogP contribution is -2.29. The molecule has 2 rings (SSSR count). The fourth-order valence-corrected chi connectivity index (χ4v) is 1.92. The van der Waals surface area contributed by atoms with Gasteiger partial charge in [-0.1, -0.05) is 12.1 Å². The first-order valence-electron chi connectivity index (χ1n) is 6.04. The van der Waals surface area contributed by atoms with Gasteiger partial charge in [0, 0.05) is 6.20 Å². The Morgan fingerprint density at radius 3 is 2.84 bits per heavy atom. The molecule has 0 aliphatic heterocycles. The van der Waals surface area contributed by atoms with Gasteiger partial charge in [-0.15, -0.1) is 0 Å². The minimum absolute atomic E-state index is 0.330. The number of halogens is 1. The van der Waals surface area contributed by atoms with Crippen molar-refractivity contribution in [1.82, 2.24) is 10.4 Å². The zero-order valence-corrected chi connectivity index (χ0v) is 10.6. The van der Waals surface area contributed by atoms with Crippen LogP contribution in [0.4, 0.5) is 4.39 Å². The number of nitrogens with zero attached hydrogens (tertiary/aromatic N) is 1. The summed E-state index contributed by atoms with van der Waals surface area (Å²) in [5.41, 5.74) is 4.22. The largest absolute Gasteiger partial charge is 0.494 e. The molecular formula is C14H16FN3O. The Morgan fingerprint density at radius 2 is 2.16 bits per heavy atom. The van der Waals surface area contributed by atoms with Gasteiger partial charge < -0.3 is 4.74 Å². The van der Waals surface area contributed by atoms with Crippen LogP contribution in [0.2, 0.25) is 0 Å². The SMILES string of the molecule is CCOc1cccc(C(NN)c2cncc(F)c2)c1. The average Bonchev–Trinajstić information content (AvgIpc) is 2.41. The molecule has 1 aromatic carbocycles. The standard InChI is InChI=1S/C14H16FN3O/c1-2-19-13-5-3-4-10(7-13)14(18-16)11-6-12(15)9-17-8-11/h3-9,14,18H,2,16H2,1H3. The highest BCUT2D eigenvalue weighted by Gasteiger charge is 2.14. The third-order valence-electron chi connectivity index (χ3n) is 2.73. The first-order valence-corrected chi connectivity index (χ1v) is 6.04. The van der Waals surface area contributed by atoms with E-state index in [-0.39, 0.29) is 6.04 Å². The molecule has 0 radical (unpaired) electrons. The highest BCUT2D eigenvalue weighted by molar-refractivity contribution is 5.35. The molecule has 0 aliphatic rings. The third-order valence-corrected chi connectivity index (χ3v) is 2.73. The van der Waals surface area contributed by atoms with E-state index in [2.05, 4.69) is 10.4 Å². The van der Waals surface area contributed by atoms with Gasteiger partial charge in [0.15, 0.2) is 0 Å². The molecule has 0 saturated carbocycles. The lowest BCUT2D eigenvalue weighted by Gasteiger charge is -2.17. The van der Waals surface area contributed by atoms with Crippen molar-refractivity contribution >= 4 is 0 Å². The fraction of sp³-hybridized carbons (Fsp3) is 0.214. The van der Waals surface area contributed by atoms with Crippen LogP contribution in [0.15, 0.2) is 42.7 Å². The highest BCUT2D eigenvalue weighted by atomic mass is 19.1. The summed E-state index contributed by atoms with van der Waals surface area (Å²) in [7, 11) is 0. The summed E-state index contributed by atoms with van der Waals surface area (Å²) >= 11 is 0. The molecule has 0 bridgehead atoms. The molecule has 5 heteroatoms. The summed E-state index contributed by atoms with van der Waals surface area (Å²) in [5.74, 6) is 5.93. The van der Waals surface area contributed by atoms with Crippen molar-refractivity contribution in [3.05, 3.63) is 59.7 Å². The van der Waals surface area contributed by atoms with Crippen LogP contribution in [-0.2, 0) is 0 Å². The second kappa shape index (κ2) is 6.26. The number of nitrogens with two attached hydrogens (primary N) is 1. The van der Waals surface area contributed by atoms with Gasteiger partial charge in [0.05, 0.1) is 18.8 Å². The van der Waals surface area contributed by atoms with Crippen molar-refractivity contribution in [1.29, 1.82) is 0 Å². The second-order valence-electron chi connectivity index (χ2n) is 4.04. The molecule has 2 aromatic rings. The number of ether oxygens (including phenoxy) is 1. The molecule has 4 nitrogen and oxygen atoms in total. The van der Waals surface area contributed by atoms with Crippen LogP contribution in [0, 0.1) is 5.82 Å². The monoisotopic (exact) mass is 261 g/mol. The Kier molecular flexibility index (Phi) is 4.43. The maximum absolute atomic E-state index is 13.2. The Bertz CT molecular complexity index is 548. The smallest absolute Gasteiger partial charge is 0.141 e. The zero-order chi connectivity index (χ0) is 13.7. The molecule has 0 fully saturated rings. The number of nitrogens with one attached hydrogen (secondary N) is 1. The highest BCUT2D eigenvalue weighted by Crippen LogP contribution is 2.24. The van der Waals surface area contributed by atoms with Gasteiger partial charge in [0.1, 0.15) is 11.6 Å². The Balaban J connectivity index is 2.33. The van der Waals surface area contributed by atoms with Crippen LogP contribution in [0.5, 0.6) is 5.75 Å². The molecule has 1 heterocycles. The number of aromatic nitrogens is 1. The van der Waals surface area contributed by atoms with Crippen molar-refractivity contribution < 1.29 is 9.13 Å². The van der Waals surface area contributed by atoms with Crippen LogP contribution in [0.25, 0.3) is 0 Å². The molecule has 0 spiro atoms. The summed E-state index contributed by atoms with van der Waals surface area (Å²) in [6.07, 6.45) is 2.74. The number of hydrogen-bond donors (Lipinski definition) is 2. The van der Waals surface area contributed by atoms with Gasteiger partial charge in [-0.2, -0.15) is 0 Å². The van der Waals surface area contributed by atoms with Crippen molar-refractivity contribution in [3.8, 4) is 5.75 Å². The van der Waals surface area contributed by atoms with Crippen LogP contribution in [0.1, 0.15) is 24.1 Å². The predicted octanol–water partition coefficient (Wildman–Crippen LogP) is 2.17. The van der Waals surface area contributed by atoms with E-state index in [0.717, 1.165) is 17.5 Å². The maximum Gasteiger partial charge on any atom is 0.141 e. The summed E-state index contributed by atoms with van der Waals surface area (Å²) < 4.78 is 18.7. The summed E-state index contributed by atoms with van der Waals surface area (Å²) in [5, 5.41) is 0. The van der Waals surface area contributed by atoms with Crippen molar-refractivity contribution in [2.45, 2.75) is 13.0 Å². The second-order valence-corrected chi connectivity index (χ2v) is 4.04. The fourth-order valence-electron chi connectivity index (χ4n) is 1.92. The van der Waals surface area contributed by atoms with Crippen LogP contribution >= 0.6 is 0 Å². The van der Waals surface area contributed by atoms with Crippen molar-refractivity contribution in [2.75, 3.05) is 6.61 Å². The summed E-state index contributed by atoms with van der Waals surface area (Å²) in [6, 6.07) is 8.59. The van der Waals surface area contributed by atoms with E-state index < -0.39 is 5.82 Å². The van der Waals surface area contributed by atoms with Crippen molar-refractivity contribution in [3.63, 3.8) is 0 Å². The molecule has 19 heavy (non-hydrogen) atoms. The predicted molar refractivity (Wildman–Crippen MR) is 71.0 cm³/mol. The first-order chi connectivity index (χ1) is 9.24. The van der Waals surface area contributed by atoms with Crippen LogP contribution in [0.3, 0.4) is 0 Å². The van der Waals surface area contributed by atoms with E-state index in [1.807, 2.05) is 31.2 Å².